The van der Waals surface area contributed by atoms with Crippen LogP contribution in [0.25, 0.3) is 5.57 Å². The van der Waals surface area contributed by atoms with Gasteiger partial charge in [-0.1, -0.05) is 48.5 Å². The maximum Gasteiger partial charge on any atom is 0.252 e. The van der Waals surface area contributed by atoms with Gasteiger partial charge in [-0.2, -0.15) is 4.39 Å². The standard InChI is InChI=1S/C37H40F3N3O3/c1-23-6-3-4-8-26(23)17-18-43(29-13-14-29)37(45)34-30(20-28-21-42(24(2)44)22-33(34)41-28)27-11-9-25(10-12-27)7-5-19-46-36-32(39)16-15-31(38)35(36)40/h3-4,6,8-12,15-16,28-29,33,41H,5,7,13-14,17-22H2,1-2H3. The number of piperazine rings is 1. The Kier molecular flexibility index (Phi) is 9.49. The molecular weight excluding hydrogens is 591 g/mol. The summed E-state index contributed by atoms with van der Waals surface area (Å²) in [7, 11) is 0. The number of hydrogen-bond acceptors (Lipinski definition) is 4. The average Bonchev–Trinajstić information content (AvgIpc) is 3.89. The van der Waals surface area contributed by atoms with Crippen LogP contribution < -0.4 is 10.1 Å². The SMILES string of the molecule is CC(=O)N1CC2CC(c3ccc(CCCOc4c(F)ccc(F)c4F)cc3)=C(C(=O)N(CCc3ccccc3C)C3CC3)C(C1)N2. The van der Waals surface area contributed by atoms with Crippen molar-refractivity contribution in [3.05, 3.63) is 106 Å². The predicted molar refractivity (Wildman–Crippen MR) is 171 cm³/mol. The molecule has 2 fully saturated rings. The summed E-state index contributed by atoms with van der Waals surface area (Å²) in [5, 5.41) is 3.65. The van der Waals surface area contributed by atoms with E-state index in [-0.39, 0.29) is 36.5 Å². The van der Waals surface area contributed by atoms with E-state index in [9.17, 15) is 22.8 Å². The summed E-state index contributed by atoms with van der Waals surface area (Å²) in [5.74, 6) is -4.04. The molecule has 2 aliphatic heterocycles. The van der Waals surface area contributed by atoms with Crippen molar-refractivity contribution in [3.63, 3.8) is 0 Å². The molecule has 1 N–H and O–H groups in total. The van der Waals surface area contributed by atoms with E-state index in [4.69, 9.17) is 4.74 Å². The fourth-order valence-electron chi connectivity index (χ4n) is 6.71. The van der Waals surface area contributed by atoms with E-state index in [1.165, 1.54) is 11.1 Å². The molecule has 2 unspecified atom stereocenters. The van der Waals surface area contributed by atoms with Crippen molar-refractivity contribution in [1.29, 1.82) is 0 Å². The van der Waals surface area contributed by atoms with Crippen molar-refractivity contribution < 1.29 is 27.5 Å². The van der Waals surface area contributed by atoms with Crippen LogP contribution in [0.1, 0.15) is 54.9 Å². The van der Waals surface area contributed by atoms with E-state index in [2.05, 4.69) is 29.3 Å². The fourth-order valence-corrected chi connectivity index (χ4v) is 6.71. The van der Waals surface area contributed by atoms with Gasteiger partial charge in [0, 0.05) is 44.2 Å². The van der Waals surface area contributed by atoms with Crippen LogP contribution in [0.5, 0.6) is 5.75 Å². The van der Waals surface area contributed by atoms with Crippen LogP contribution in [0, 0.1) is 24.4 Å². The molecule has 0 radical (unpaired) electrons. The predicted octanol–water partition coefficient (Wildman–Crippen LogP) is 6.00. The van der Waals surface area contributed by atoms with E-state index in [0.717, 1.165) is 53.7 Å². The quantitative estimate of drug-likeness (QED) is 0.208. The lowest BCUT2D eigenvalue weighted by molar-refractivity contribution is -0.132. The number of halogens is 3. The summed E-state index contributed by atoms with van der Waals surface area (Å²) in [6, 6.07) is 18.0. The van der Waals surface area contributed by atoms with Crippen LogP contribution in [-0.4, -0.2) is 66.0 Å². The van der Waals surface area contributed by atoms with Crippen molar-refractivity contribution in [1.82, 2.24) is 15.1 Å². The Balaban J connectivity index is 1.21. The first-order valence-corrected chi connectivity index (χ1v) is 16.1. The average molecular weight is 632 g/mol. The molecule has 1 saturated carbocycles. The lowest BCUT2D eigenvalue weighted by atomic mass is 9.82. The third-order valence-corrected chi connectivity index (χ3v) is 9.37. The fraction of sp³-hybridized carbons (Fsp3) is 0.405. The Morgan fingerprint density at radius 3 is 2.41 bits per heavy atom. The van der Waals surface area contributed by atoms with Gasteiger partial charge in [-0.3, -0.25) is 9.59 Å². The number of aryl methyl sites for hydroxylation is 2. The van der Waals surface area contributed by atoms with E-state index in [1.54, 1.807) is 6.92 Å². The number of amides is 2. The third-order valence-electron chi connectivity index (χ3n) is 9.37. The zero-order valence-electron chi connectivity index (χ0n) is 26.3. The Hall–Kier alpha value is -4.11. The minimum atomic E-state index is -1.32. The highest BCUT2D eigenvalue weighted by molar-refractivity contribution is 6.03. The lowest BCUT2D eigenvalue weighted by Crippen LogP contribution is -2.62. The molecule has 3 aromatic carbocycles. The largest absolute Gasteiger partial charge is 0.488 e. The summed E-state index contributed by atoms with van der Waals surface area (Å²) in [6.45, 7) is 5.41. The minimum absolute atomic E-state index is 0.0153. The maximum absolute atomic E-state index is 14.5. The molecule has 1 saturated heterocycles. The third kappa shape index (κ3) is 6.99. The van der Waals surface area contributed by atoms with E-state index < -0.39 is 23.2 Å². The van der Waals surface area contributed by atoms with Crippen molar-refractivity contribution >= 4 is 17.4 Å². The molecule has 9 heteroatoms. The summed E-state index contributed by atoms with van der Waals surface area (Å²) < 4.78 is 46.5. The number of fused-ring (bicyclic) bond motifs is 2. The van der Waals surface area contributed by atoms with Gasteiger partial charge in [0.2, 0.25) is 11.7 Å². The topological polar surface area (TPSA) is 61.9 Å². The summed E-state index contributed by atoms with van der Waals surface area (Å²) >= 11 is 0. The monoisotopic (exact) mass is 631 g/mol. The first-order chi connectivity index (χ1) is 22.2. The zero-order chi connectivity index (χ0) is 32.4. The number of nitrogens with one attached hydrogen (secondary N) is 1. The highest BCUT2D eigenvalue weighted by atomic mass is 19.2. The number of carbonyl (C=O) groups is 2. The van der Waals surface area contributed by atoms with Crippen molar-refractivity contribution in [2.45, 2.75) is 70.5 Å². The van der Waals surface area contributed by atoms with Gasteiger partial charge in [-0.05, 0) is 85.4 Å². The maximum atomic E-state index is 14.5. The van der Waals surface area contributed by atoms with E-state index in [0.29, 0.717) is 38.9 Å². The van der Waals surface area contributed by atoms with Crippen LogP contribution in [0.3, 0.4) is 0 Å². The molecule has 0 aromatic heterocycles. The molecule has 6 nitrogen and oxygen atoms in total. The van der Waals surface area contributed by atoms with Crippen LogP contribution >= 0.6 is 0 Å². The Morgan fingerprint density at radius 1 is 0.957 bits per heavy atom. The smallest absolute Gasteiger partial charge is 0.252 e. The molecule has 0 spiro atoms. The highest BCUT2D eigenvalue weighted by Crippen LogP contribution is 2.37. The summed E-state index contributed by atoms with van der Waals surface area (Å²) in [5.41, 5.74) is 6.22. The number of ether oxygens (including phenoxy) is 1. The van der Waals surface area contributed by atoms with Crippen molar-refractivity contribution in [2.75, 3.05) is 26.2 Å². The van der Waals surface area contributed by atoms with E-state index in [1.807, 2.05) is 41.3 Å². The summed E-state index contributed by atoms with van der Waals surface area (Å²) in [4.78, 5) is 30.8. The lowest BCUT2D eigenvalue weighted by Gasteiger charge is -2.44. The van der Waals surface area contributed by atoms with Crippen molar-refractivity contribution in [3.8, 4) is 5.75 Å². The van der Waals surface area contributed by atoms with Crippen LogP contribution in [0.2, 0.25) is 0 Å². The Labute approximate surface area is 268 Å². The van der Waals surface area contributed by atoms with Gasteiger partial charge in [0.05, 0.1) is 12.6 Å². The summed E-state index contributed by atoms with van der Waals surface area (Å²) in [6.07, 6.45) is 4.49. The molecule has 3 aliphatic rings. The molecule has 2 bridgehead atoms. The van der Waals surface area contributed by atoms with Gasteiger partial charge < -0.3 is 19.9 Å². The Bertz CT molecular complexity index is 1640. The van der Waals surface area contributed by atoms with Gasteiger partial charge in [-0.15, -0.1) is 0 Å². The molecular formula is C37H40F3N3O3. The molecule has 6 rings (SSSR count). The van der Waals surface area contributed by atoms with Gasteiger partial charge in [0.15, 0.2) is 17.4 Å². The van der Waals surface area contributed by atoms with Crippen LogP contribution in [-0.2, 0) is 22.4 Å². The molecule has 3 aromatic rings. The molecule has 46 heavy (non-hydrogen) atoms. The first kappa shape index (κ1) is 31.9. The van der Waals surface area contributed by atoms with E-state index >= 15 is 0 Å². The highest BCUT2D eigenvalue weighted by Gasteiger charge is 2.42. The normalized spacial score (nSPS) is 19.3. The number of benzene rings is 3. The second kappa shape index (κ2) is 13.7. The second-order valence-corrected chi connectivity index (χ2v) is 12.7. The Morgan fingerprint density at radius 2 is 1.70 bits per heavy atom. The van der Waals surface area contributed by atoms with Crippen LogP contribution in [0.15, 0.2) is 66.2 Å². The number of rotatable bonds is 11. The molecule has 2 amide bonds. The van der Waals surface area contributed by atoms with Gasteiger partial charge in [0.25, 0.3) is 5.91 Å². The molecule has 2 heterocycles. The molecule has 1 aliphatic carbocycles. The number of hydrogen-bond donors (Lipinski definition) is 1. The van der Waals surface area contributed by atoms with Crippen LogP contribution in [0.4, 0.5) is 13.2 Å². The van der Waals surface area contributed by atoms with Crippen molar-refractivity contribution in [2.24, 2.45) is 0 Å². The van der Waals surface area contributed by atoms with Gasteiger partial charge in [-0.25, -0.2) is 8.78 Å². The van der Waals surface area contributed by atoms with Gasteiger partial charge in [0.1, 0.15) is 0 Å². The molecule has 242 valence electrons. The number of nitrogens with zero attached hydrogens (tertiary/aromatic N) is 2. The number of carbonyl (C=O) groups excluding carboxylic acids is 2. The zero-order valence-corrected chi connectivity index (χ0v) is 26.3. The first-order valence-electron chi connectivity index (χ1n) is 16.1. The second-order valence-electron chi connectivity index (χ2n) is 12.7. The van der Waals surface area contributed by atoms with Gasteiger partial charge >= 0.3 is 0 Å². The minimum Gasteiger partial charge on any atom is -0.488 e. The molecule has 2 atom stereocenters.